The minimum atomic E-state index is -1.05. The predicted octanol–water partition coefficient (Wildman–Crippen LogP) is 3.26. The number of carbonyl (C=O) groups excluding carboxylic acids is 3. The van der Waals surface area contributed by atoms with Crippen molar-refractivity contribution in [2.75, 3.05) is 0 Å². The average molecular weight is 486 g/mol. The topological polar surface area (TPSA) is 125 Å². The van der Waals surface area contributed by atoms with Crippen molar-refractivity contribution in [2.24, 2.45) is 0 Å². The Morgan fingerprint density at radius 2 is 1.76 bits per heavy atom. The second-order valence-electron chi connectivity index (χ2n) is 10.3. The van der Waals surface area contributed by atoms with Gasteiger partial charge in [0.2, 0.25) is 11.8 Å². The van der Waals surface area contributed by atoms with Gasteiger partial charge in [0.25, 0.3) is 0 Å². The van der Waals surface area contributed by atoms with Crippen molar-refractivity contribution < 1.29 is 29.0 Å². The number of aliphatic carboxylic acids is 1. The Balaban J connectivity index is 2.01. The quantitative estimate of drug-likeness (QED) is 0.303. The molecular formula is C23H39N3O6S. The van der Waals surface area contributed by atoms with Gasteiger partial charge < -0.3 is 25.4 Å². The molecule has 2 aliphatic heterocycles. The van der Waals surface area contributed by atoms with Crippen molar-refractivity contribution in [3.63, 3.8) is 0 Å². The molecule has 0 aromatic heterocycles. The number of alkyl carbamates (subject to hydrolysis) is 1. The maximum Gasteiger partial charge on any atom is 0.408 e. The minimum Gasteiger partial charge on any atom is -0.480 e. The minimum absolute atomic E-state index is 0.408. The van der Waals surface area contributed by atoms with E-state index in [4.69, 9.17) is 4.74 Å². The molecule has 0 saturated carbocycles. The number of carbonyl (C=O) groups is 4. The van der Waals surface area contributed by atoms with E-state index in [1.165, 1.54) is 23.1 Å². The summed E-state index contributed by atoms with van der Waals surface area (Å²) >= 11 is 1.37. The Morgan fingerprint density at radius 1 is 1.15 bits per heavy atom. The number of β-lactam (4-membered cyclic amide) rings is 1. The second kappa shape index (κ2) is 11.0. The van der Waals surface area contributed by atoms with E-state index in [9.17, 15) is 24.3 Å². The Hall–Kier alpha value is -1.97. The van der Waals surface area contributed by atoms with Gasteiger partial charge in [-0.2, -0.15) is 0 Å². The number of carboxylic acids is 1. The van der Waals surface area contributed by atoms with Crippen molar-refractivity contribution in [2.45, 2.75) is 120 Å². The van der Waals surface area contributed by atoms with E-state index in [1.54, 1.807) is 34.6 Å². The van der Waals surface area contributed by atoms with Gasteiger partial charge in [-0.15, -0.1) is 11.8 Å². The molecule has 9 nitrogen and oxygen atoms in total. The van der Waals surface area contributed by atoms with E-state index in [1.807, 2.05) is 0 Å². The first-order valence-corrected chi connectivity index (χ1v) is 12.7. The fourth-order valence-corrected chi connectivity index (χ4v) is 5.87. The van der Waals surface area contributed by atoms with Gasteiger partial charge in [0.05, 0.1) is 0 Å². The van der Waals surface area contributed by atoms with Crippen molar-refractivity contribution in [3.05, 3.63) is 0 Å². The van der Waals surface area contributed by atoms with Crippen LogP contribution in [0.15, 0.2) is 0 Å². The number of carboxylic acid groups (broad SMARTS) is 1. The Labute approximate surface area is 200 Å². The van der Waals surface area contributed by atoms with Gasteiger partial charge in [-0.3, -0.25) is 9.59 Å². The molecule has 3 N–H and O–H groups in total. The highest BCUT2D eigenvalue weighted by atomic mass is 32.2. The van der Waals surface area contributed by atoms with Crippen LogP contribution in [0.25, 0.3) is 0 Å². The highest BCUT2D eigenvalue weighted by Crippen LogP contribution is 2.50. The van der Waals surface area contributed by atoms with Crippen LogP contribution >= 0.6 is 11.8 Å². The number of unbranched alkanes of at least 4 members (excludes halogenated alkanes) is 5. The Bertz CT molecular complexity index is 751. The van der Waals surface area contributed by atoms with Gasteiger partial charge in [-0.1, -0.05) is 45.4 Å². The summed E-state index contributed by atoms with van der Waals surface area (Å²) in [6.07, 6.45) is 5.98. The van der Waals surface area contributed by atoms with Crippen LogP contribution in [0, 0.1) is 0 Å². The van der Waals surface area contributed by atoms with Crippen LogP contribution in [-0.2, 0) is 19.1 Å². The number of fused-ring (bicyclic) bond motifs is 1. The molecule has 2 aliphatic rings. The molecular weight excluding hydrogens is 446 g/mol. The van der Waals surface area contributed by atoms with Crippen LogP contribution in [0.2, 0.25) is 0 Å². The molecule has 2 fully saturated rings. The summed E-state index contributed by atoms with van der Waals surface area (Å²) in [6, 6.07) is -2.58. The first kappa shape index (κ1) is 27.3. The van der Waals surface area contributed by atoms with Gasteiger partial charge in [-0.25, -0.2) is 9.59 Å². The van der Waals surface area contributed by atoms with Crippen LogP contribution in [0.4, 0.5) is 4.79 Å². The lowest BCUT2D eigenvalue weighted by Gasteiger charge is -2.44. The number of nitrogens with one attached hydrogen (secondary N) is 2. The van der Waals surface area contributed by atoms with E-state index >= 15 is 0 Å². The molecule has 0 spiro atoms. The van der Waals surface area contributed by atoms with E-state index < -0.39 is 57.7 Å². The first-order valence-electron chi connectivity index (χ1n) is 11.8. The maximum atomic E-state index is 13.0. The first-order chi connectivity index (χ1) is 15.3. The number of hydrogen-bond donors (Lipinski definition) is 3. The van der Waals surface area contributed by atoms with E-state index in [2.05, 4.69) is 17.6 Å². The molecule has 2 rings (SSSR count). The summed E-state index contributed by atoms with van der Waals surface area (Å²) in [5.41, 5.74) is -0.701. The van der Waals surface area contributed by atoms with Crippen LogP contribution in [0.5, 0.6) is 0 Å². The van der Waals surface area contributed by atoms with Gasteiger partial charge in [-0.05, 0) is 41.0 Å². The number of thioether (sulfide) groups is 1. The fraction of sp³-hybridized carbons (Fsp3) is 0.826. The Kier molecular flexibility index (Phi) is 9.07. The van der Waals surface area contributed by atoms with Crippen molar-refractivity contribution in [3.8, 4) is 0 Å². The van der Waals surface area contributed by atoms with Gasteiger partial charge >= 0.3 is 12.1 Å². The van der Waals surface area contributed by atoms with E-state index in [-0.39, 0.29) is 0 Å². The normalized spacial score (nSPS) is 24.5. The van der Waals surface area contributed by atoms with Crippen LogP contribution in [-0.4, -0.2) is 67.7 Å². The fourth-order valence-electron chi connectivity index (χ4n) is 4.25. The molecule has 33 heavy (non-hydrogen) atoms. The molecule has 2 saturated heterocycles. The molecule has 4 atom stereocenters. The summed E-state index contributed by atoms with van der Waals surface area (Å²) in [6.45, 7) is 11.0. The molecule has 188 valence electrons. The molecule has 1 unspecified atom stereocenters. The molecule has 0 radical (unpaired) electrons. The highest BCUT2D eigenvalue weighted by Gasteiger charge is 2.64. The predicted molar refractivity (Wildman–Crippen MR) is 127 cm³/mol. The van der Waals surface area contributed by atoms with Crippen LogP contribution < -0.4 is 10.6 Å². The van der Waals surface area contributed by atoms with Crippen LogP contribution in [0.3, 0.4) is 0 Å². The number of hydrogen-bond acceptors (Lipinski definition) is 6. The molecule has 10 heteroatoms. The zero-order valence-electron chi connectivity index (χ0n) is 20.6. The summed E-state index contributed by atoms with van der Waals surface area (Å²) in [5, 5.41) is 14.5. The number of nitrogens with zero attached hydrogens (tertiary/aromatic N) is 1. The zero-order chi connectivity index (χ0) is 25.0. The third kappa shape index (κ3) is 7.01. The summed E-state index contributed by atoms with van der Waals surface area (Å²) in [4.78, 5) is 51.1. The molecule has 2 heterocycles. The maximum absolute atomic E-state index is 13.0. The van der Waals surface area contributed by atoms with E-state index in [0.717, 1.165) is 32.1 Å². The molecule has 0 aliphatic carbocycles. The van der Waals surface area contributed by atoms with Gasteiger partial charge in [0.1, 0.15) is 29.1 Å². The van der Waals surface area contributed by atoms with Crippen molar-refractivity contribution in [1.82, 2.24) is 15.5 Å². The monoisotopic (exact) mass is 485 g/mol. The SMILES string of the molecule is CCCCCCCCC(NC(=O)OC(C)(C)C)C(=O)N[C@@H]1C(=O)N2[C@@H]1SC(C)(C)[C@@H]2C(=O)O. The lowest BCUT2D eigenvalue weighted by atomic mass is 9.95. The Morgan fingerprint density at radius 3 is 2.33 bits per heavy atom. The standard InChI is InChI=1S/C23H39N3O6S/c1-7-8-9-10-11-12-13-14(24-21(31)32-22(2,3)4)17(27)25-15-18(28)26-16(20(29)30)23(5,6)33-19(15)26/h14-16,19H,7-13H2,1-6H3,(H,24,31)(H,25,27)(H,29,30)/t14?,15-,16+,19-/m1/s1. The third-order valence-corrected chi connectivity index (χ3v) is 7.40. The summed E-state index contributed by atoms with van der Waals surface area (Å²) < 4.78 is 4.64. The smallest absolute Gasteiger partial charge is 0.408 e. The molecule has 0 bridgehead atoms. The summed E-state index contributed by atoms with van der Waals surface area (Å²) in [7, 11) is 0. The van der Waals surface area contributed by atoms with Crippen molar-refractivity contribution >= 4 is 35.6 Å². The third-order valence-electron chi connectivity index (χ3n) is 5.83. The number of amides is 3. The van der Waals surface area contributed by atoms with Crippen molar-refractivity contribution in [1.29, 1.82) is 0 Å². The largest absolute Gasteiger partial charge is 0.480 e. The molecule has 3 amide bonds. The van der Waals surface area contributed by atoms with Crippen LogP contribution in [0.1, 0.15) is 86.5 Å². The number of ether oxygens (including phenoxy) is 1. The highest BCUT2D eigenvalue weighted by molar-refractivity contribution is 8.01. The molecule has 0 aromatic rings. The molecule has 0 aromatic carbocycles. The second-order valence-corrected chi connectivity index (χ2v) is 12.1. The average Bonchev–Trinajstić information content (AvgIpc) is 2.94. The van der Waals surface area contributed by atoms with Gasteiger partial charge in [0, 0.05) is 4.75 Å². The van der Waals surface area contributed by atoms with E-state index in [0.29, 0.717) is 6.42 Å². The summed E-state index contributed by atoms with van der Waals surface area (Å²) in [5.74, 6) is -1.92. The van der Waals surface area contributed by atoms with Gasteiger partial charge in [0.15, 0.2) is 0 Å². The lowest BCUT2D eigenvalue weighted by molar-refractivity contribution is -0.161. The lowest BCUT2D eigenvalue weighted by Crippen LogP contribution is -2.71. The number of rotatable bonds is 11. The zero-order valence-corrected chi connectivity index (χ0v) is 21.4.